The summed E-state index contributed by atoms with van der Waals surface area (Å²) in [7, 11) is 0. The number of halogens is 4. The van der Waals surface area contributed by atoms with Crippen LogP contribution in [0.15, 0.2) is 29.0 Å². The van der Waals surface area contributed by atoms with Crippen molar-refractivity contribution in [2.75, 3.05) is 5.32 Å². The Morgan fingerprint density at radius 2 is 2.00 bits per heavy atom. The molecule has 1 aromatic carbocycles. The molecule has 17 heavy (non-hydrogen) atoms. The molecule has 0 saturated carbocycles. The highest BCUT2D eigenvalue weighted by molar-refractivity contribution is 9.10. The highest BCUT2D eigenvalue weighted by atomic mass is 79.9. The van der Waals surface area contributed by atoms with Crippen LogP contribution in [0.4, 0.5) is 20.3 Å². The fourth-order valence-corrected chi connectivity index (χ4v) is 1.59. The third kappa shape index (κ3) is 2.70. The molecule has 0 spiro atoms. The first-order valence-electron chi connectivity index (χ1n) is 4.46. The molecule has 0 aliphatic carbocycles. The van der Waals surface area contributed by atoms with Gasteiger partial charge in [0.25, 0.3) is 0 Å². The molecular weight excluding hydrogens is 315 g/mol. The maximum absolute atomic E-state index is 13.4. The van der Waals surface area contributed by atoms with Gasteiger partial charge in [0.1, 0.15) is 28.9 Å². The Balaban J connectivity index is 2.38. The molecule has 0 bridgehead atoms. The molecule has 1 N–H and O–H groups in total. The minimum absolute atomic E-state index is 0.0273. The molecule has 0 aliphatic rings. The molecule has 0 fully saturated rings. The van der Waals surface area contributed by atoms with Crippen LogP contribution in [0, 0.1) is 11.6 Å². The number of nitrogens with one attached hydrogen (secondary N) is 1. The van der Waals surface area contributed by atoms with E-state index in [9.17, 15) is 8.78 Å². The van der Waals surface area contributed by atoms with Gasteiger partial charge in [-0.15, -0.1) is 0 Å². The van der Waals surface area contributed by atoms with Gasteiger partial charge >= 0.3 is 0 Å². The smallest absolute Gasteiger partial charge is 0.149 e. The van der Waals surface area contributed by atoms with E-state index in [0.29, 0.717) is 4.47 Å². The van der Waals surface area contributed by atoms with Crippen LogP contribution in [0.2, 0.25) is 5.15 Å². The Bertz CT molecular complexity index is 565. The summed E-state index contributed by atoms with van der Waals surface area (Å²) in [5.41, 5.74) is -0.0273. The molecule has 88 valence electrons. The van der Waals surface area contributed by atoms with Crippen molar-refractivity contribution in [3.63, 3.8) is 0 Å². The van der Waals surface area contributed by atoms with Crippen molar-refractivity contribution in [3.8, 4) is 0 Å². The third-order valence-electron chi connectivity index (χ3n) is 1.93. The SMILES string of the molecule is Fc1ccc(F)c(Nc2ncnc(Cl)c2Br)c1. The molecule has 2 aromatic rings. The van der Waals surface area contributed by atoms with Crippen molar-refractivity contribution in [2.45, 2.75) is 0 Å². The average molecular weight is 321 g/mol. The van der Waals surface area contributed by atoms with Crippen molar-refractivity contribution in [3.05, 3.63) is 45.8 Å². The standard InChI is InChI=1S/C10H5BrClF2N3/c11-8-9(12)15-4-16-10(8)17-7-3-5(13)1-2-6(7)14/h1-4H,(H,15,16,17). The zero-order valence-electron chi connectivity index (χ0n) is 8.22. The highest BCUT2D eigenvalue weighted by Crippen LogP contribution is 2.29. The Labute approximate surface area is 109 Å². The van der Waals surface area contributed by atoms with Gasteiger partial charge in [-0.3, -0.25) is 0 Å². The Hall–Kier alpha value is -1.27. The topological polar surface area (TPSA) is 37.8 Å². The summed E-state index contributed by atoms with van der Waals surface area (Å²) in [6.07, 6.45) is 1.21. The lowest BCUT2D eigenvalue weighted by Crippen LogP contribution is -1.99. The fourth-order valence-electron chi connectivity index (χ4n) is 1.16. The summed E-state index contributed by atoms with van der Waals surface area (Å²) in [4.78, 5) is 7.58. The van der Waals surface area contributed by atoms with Crippen LogP contribution in [-0.2, 0) is 0 Å². The monoisotopic (exact) mass is 319 g/mol. The van der Waals surface area contributed by atoms with E-state index in [1.54, 1.807) is 0 Å². The molecule has 0 atom stereocenters. The van der Waals surface area contributed by atoms with Gasteiger partial charge in [0.05, 0.1) is 10.2 Å². The second-order valence-electron chi connectivity index (χ2n) is 3.08. The van der Waals surface area contributed by atoms with E-state index in [1.807, 2.05) is 0 Å². The summed E-state index contributed by atoms with van der Waals surface area (Å²) < 4.78 is 26.7. The number of hydrogen-bond acceptors (Lipinski definition) is 3. The molecule has 0 saturated heterocycles. The lowest BCUT2D eigenvalue weighted by molar-refractivity contribution is 0.603. The summed E-state index contributed by atoms with van der Waals surface area (Å²) in [5.74, 6) is -0.882. The van der Waals surface area contributed by atoms with E-state index in [1.165, 1.54) is 6.33 Å². The van der Waals surface area contributed by atoms with E-state index in [0.717, 1.165) is 18.2 Å². The summed E-state index contributed by atoms with van der Waals surface area (Å²) in [6.45, 7) is 0. The van der Waals surface area contributed by atoms with Gasteiger partial charge in [-0.1, -0.05) is 11.6 Å². The van der Waals surface area contributed by atoms with Gasteiger partial charge in [0.15, 0.2) is 0 Å². The normalized spacial score (nSPS) is 10.4. The molecule has 0 aliphatic heterocycles. The van der Waals surface area contributed by atoms with Gasteiger partial charge in [0, 0.05) is 6.07 Å². The highest BCUT2D eigenvalue weighted by Gasteiger charge is 2.10. The van der Waals surface area contributed by atoms with Gasteiger partial charge in [-0.2, -0.15) is 0 Å². The number of rotatable bonds is 2. The number of aromatic nitrogens is 2. The zero-order valence-corrected chi connectivity index (χ0v) is 10.6. The van der Waals surface area contributed by atoms with Crippen LogP contribution >= 0.6 is 27.5 Å². The molecule has 0 unspecified atom stereocenters. The minimum Gasteiger partial charge on any atom is -0.337 e. The molecule has 2 rings (SSSR count). The largest absolute Gasteiger partial charge is 0.337 e. The van der Waals surface area contributed by atoms with Crippen LogP contribution in [0.3, 0.4) is 0 Å². The maximum Gasteiger partial charge on any atom is 0.149 e. The lowest BCUT2D eigenvalue weighted by atomic mass is 10.3. The predicted molar refractivity (Wildman–Crippen MR) is 64.4 cm³/mol. The lowest BCUT2D eigenvalue weighted by Gasteiger charge is -2.08. The Morgan fingerprint density at radius 3 is 2.76 bits per heavy atom. The van der Waals surface area contributed by atoms with Crippen molar-refractivity contribution in [2.24, 2.45) is 0 Å². The van der Waals surface area contributed by atoms with Gasteiger partial charge < -0.3 is 5.32 Å². The number of benzene rings is 1. The van der Waals surface area contributed by atoms with Gasteiger partial charge in [-0.05, 0) is 28.1 Å². The predicted octanol–water partition coefficient (Wildman–Crippen LogP) is 3.91. The molecule has 1 aromatic heterocycles. The van der Waals surface area contributed by atoms with Crippen LogP contribution in [0.5, 0.6) is 0 Å². The minimum atomic E-state index is -0.590. The zero-order chi connectivity index (χ0) is 12.4. The number of anilines is 2. The van der Waals surface area contributed by atoms with Crippen molar-refractivity contribution >= 4 is 39.0 Å². The second-order valence-corrected chi connectivity index (χ2v) is 4.23. The van der Waals surface area contributed by atoms with Crippen LogP contribution in [-0.4, -0.2) is 9.97 Å². The molecule has 3 nitrogen and oxygen atoms in total. The van der Waals surface area contributed by atoms with Crippen LogP contribution in [0.25, 0.3) is 0 Å². The van der Waals surface area contributed by atoms with Crippen molar-refractivity contribution < 1.29 is 8.78 Å². The van der Waals surface area contributed by atoms with Crippen LogP contribution in [0.1, 0.15) is 0 Å². The quantitative estimate of drug-likeness (QED) is 0.852. The molecular formula is C10H5BrClF2N3. The summed E-state index contributed by atoms with van der Waals surface area (Å²) >= 11 is 8.89. The number of hydrogen-bond donors (Lipinski definition) is 1. The third-order valence-corrected chi connectivity index (χ3v) is 3.19. The second kappa shape index (κ2) is 4.93. The summed E-state index contributed by atoms with van der Waals surface area (Å²) in [5, 5.41) is 2.80. The molecule has 0 radical (unpaired) electrons. The maximum atomic E-state index is 13.4. The van der Waals surface area contributed by atoms with Crippen molar-refractivity contribution in [1.82, 2.24) is 9.97 Å². The van der Waals surface area contributed by atoms with E-state index in [2.05, 4.69) is 31.2 Å². The molecule has 1 heterocycles. The fraction of sp³-hybridized carbons (Fsp3) is 0. The van der Waals surface area contributed by atoms with Crippen molar-refractivity contribution in [1.29, 1.82) is 0 Å². The molecule has 7 heteroatoms. The van der Waals surface area contributed by atoms with Crippen LogP contribution < -0.4 is 5.32 Å². The van der Waals surface area contributed by atoms with E-state index in [-0.39, 0.29) is 16.7 Å². The first kappa shape index (κ1) is 12.2. The first-order valence-corrected chi connectivity index (χ1v) is 5.63. The Morgan fingerprint density at radius 1 is 1.24 bits per heavy atom. The van der Waals surface area contributed by atoms with E-state index >= 15 is 0 Å². The van der Waals surface area contributed by atoms with E-state index in [4.69, 9.17) is 11.6 Å². The average Bonchev–Trinajstić information content (AvgIpc) is 2.30. The molecule has 0 amide bonds. The summed E-state index contributed by atoms with van der Waals surface area (Å²) in [6, 6.07) is 3.08. The van der Waals surface area contributed by atoms with Gasteiger partial charge in [-0.25, -0.2) is 18.7 Å². The van der Waals surface area contributed by atoms with Gasteiger partial charge in [0.2, 0.25) is 0 Å². The first-order chi connectivity index (χ1) is 8.08. The number of nitrogens with zero attached hydrogens (tertiary/aromatic N) is 2. The van der Waals surface area contributed by atoms with E-state index < -0.39 is 11.6 Å². The Kier molecular flexibility index (Phi) is 3.54.